The molecule has 0 aliphatic heterocycles. The number of nitrogens with two attached hydrogens (primary N) is 1. The number of carbonyl (C=O) groups excluding carboxylic acids is 1. The van der Waals surface area contributed by atoms with Crippen molar-refractivity contribution in [3.8, 4) is 0 Å². The largest absolute Gasteiger partial charge is 0.465 e. The molecular weight excluding hydrogens is 226 g/mol. The van der Waals surface area contributed by atoms with Gasteiger partial charge in [0.25, 0.3) is 0 Å². The normalized spacial score (nSPS) is 10.3. The van der Waals surface area contributed by atoms with E-state index in [2.05, 4.69) is 6.92 Å². The number of unbranched alkanes of at least 4 members (excludes halogenated alkanes) is 4. The molecule has 0 fully saturated rings. The third-order valence-electron chi connectivity index (χ3n) is 2.84. The molecule has 0 saturated carbocycles. The smallest absolute Gasteiger partial charge is 0.310 e. The summed E-state index contributed by atoms with van der Waals surface area (Å²) in [6, 6.07) is 7.32. The van der Waals surface area contributed by atoms with Crippen LogP contribution >= 0.6 is 0 Å². The molecule has 18 heavy (non-hydrogen) atoms. The second-order valence-electron chi connectivity index (χ2n) is 4.55. The van der Waals surface area contributed by atoms with E-state index in [1.54, 1.807) is 12.1 Å². The molecule has 100 valence electrons. The number of benzene rings is 1. The van der Waals surface area contributed by atoms with Crippen LogP contribution in [0.2, 0.25) is 0 Å². The van der Waals surface area contributed by atoms with Crippen molar-refractivity contribution in [1.29, 1.82) is 0 Å². The fourth-order valence-corrected chi connectivity index (χ4v) is 1.74. The minimum Gasteiger partial charge on any atom is -0.465 e. The molecule has 0 spiro atoms. The lowest BCUT2D eigenvalue weighted by atomic mass is 10.1. The maximum absolute atomic E-state index is 11.5. The highest BCUT2D eigenvalue weighted by Gasteiger charge is 2.04. The summed E-state index contributed by atoms with van der Waals surface area (Å²) in [6.07, 6.45) is 6.16. The zero-order chi connectivity index (χ0) is 13.2. The molecule has 0 aliphatic carbocycles. The lowest BCUT2D eigenvalue weighted by Gasteiger charge is -2.05. The molecule has 0 heterocycles. The quantitative estimate of drug-likeness (QED) is 0.437. The van der Waals surface area contributed by atoms with E-state index in [-0.39, 0.29) is 5.97 Å². The number of esters is 1. The highest BCUT2D eigenvalue weighted by atomic mass is 16.5. The van der Waals surface area contributed by atoms with Gasteiger partial charge >= 0.3 is 5.97 Å². The van der Waals surface area contributed by atoms with E-state index >= 15 is 0 Å². The minimum atomic E-state index is -0.157. The van der Waals surface area contributed by atoms with Crippen LogP contribution in [-0.2, 0) is 16.0 Å². The average molecular weight is 249 g/mol. The van der Waals surface area contributed by atoms with Crippen molar-refractivity contribution in [2.24, 2.45) is 0 Å². The van der Waals surface area contributed by atoms with Crippen molar-refractivity contribution in [1.82, 2.24) is 0 Å². The first-order chi connectivity index (χ1) is 8.72. The van der Waals surface area contributed by atoms with Crippen molar-refractivity contribution < 1.29 is 9.53 Å². The van der Waals surface area contributed by atoms with E-state index in [1.807, 2.05) is 12.1 Å². The topological polar surface area (TPSA) is 52.3 Å². The summed E-state index contributed by atoms with van der Waals surface area (Å²) in [7, 11) is 0. The van der Waals surface area contributed by atoms with Crippen LogP contribution in [0.15, 0.2) is 24.3 Å². The summed E-state index contributed by atoms with van der Waals surface area (Å²) in [5.74, 6) is -0.157. The van der Waals surface area contributed by atoms with Crippen LogP contribution in [0.4, 0.5) is 5.69 Å². The molecule has 0 radical (unpaired) electrons. The number of rotatable bonds is 8. The van der Waals surface area contributed by atoms with Gasteiger partial charge in [0.15, 0.2) is 0 Å². The third-order valence-corrected chi connectivity index (χ3v) is 2.84. The van der Waals surface area contributed by atoms with Gasteiger partial charge in [-0.25, -0.2) is 0 Å². The van der Waals surface area contributed by atoms with Crippen LogP contribution in [0.25, 0.3) is 0 Å². The molecule has 2 N–H and O–H groups in total. The second kappa shape index (κ2) is 8.56. The van der Waals surface area contributed by atoms with Gasteiger partial charge in [-0.05, 0) is 24.1 Å². The highest BCUT2D eigenvalue weighted by molar-refractivity contribution is 5.72. The van der Waals surface area contributed by atoms with Gasteiger partial charge in [-0.2, -0.15) is 0 Å². The fourth-order valence-electron chi connectivity index (χ4n) is 1.74. The number of nitrogen functional groups attached to an aromatic ring is 1. The Morgan fingerprint density at radius 3 is 2.44 bits per heavy atom. The number of hydrogen-bond donors (Lipinski definition) is 1. The predicted molar refractivity (Wildman–Crippen MR) is 74.3 cm³/mol. The molecule has 1 aromatic rings. The monoisotopic (exact) mass is 249 g/mol. The molecule has 0 unspecified atom stereocenters. The van der Waals surface area contributed by atoms with Gasteiger partial charge in [-0.1, -0.05) is 44.7 Å². The van der Waals surface area contributed by atoms with Gasteiger partial charge in [0, 0.05) is 5.69 Å². The van der Waals surface area contributed by atoms with Crippen LogP contribution < -0.4 is 5.73 Å². The molecule has 3 nitrogen and oxygen atoms in total. The van der Waals surface area contributed by atoms with Crippen molar-refractivity contribution >= 4 is 11.7 Å². The lowest BCUT2D eigenvalue weighted by molar-refractivity contribution is -0.142. The molecular formula is C15H23NO2. The second-order valence-corrected chi connectivity index (χ2v) is 4.55. The Hall–Kier alpha value is -1.51. The van der Waals surface area contributed by atoms with Gasteiger partial charge in [0.1, 0.15) is 0 Å². The van der Waals surface area contributed by atoms with Crippen LogP contribution in [-0.4, -0.2) is 12.6 Å². The van der Waals surface area contributed by atoms with Crippen LogP contribution in [0, 0.1) is 0 Å². The Morgan fingerprint density at radius 1 is 1.11 bits per heavy atom. The molecule has 1 rings (SSSR count). The van der Waals surface area contributed by atoms with E-state index in [0.29, 0.717) is 18.7 Å². The Morgan fingerprint density at radius 2 is 1.78 bits per heavy atom. The van der Waals surface area contributed by atoms with Crippen LogP contribution in [0.1, 0.15) is 44.6 Å². The fraction of sp³-hybridized carbons (Fsp3) is 0.533. The number of anilines is 1. The molecule has 0 aromatic heterocycles. The number of ether oxygens (including phenoxy) is 1. The standard InChI is InChI=1S/C15H23NO2/c1-2-3-4-5-6-11-18-15(17)12-13-7-9-14(16)10-8-13/h7-10H,2-6,11-12,16H2,1H3. The van der Waals surface area contributed by atoms with Crippen LogP contribution in [0.3, 0.4) is 0 Å². The summed E-state index contributed by atoms with van der Waals surface area (Å²) in [6.45, 7) is 2.73. The predicted octanol–water partition coefficient (Wildman–Crippen LogP) is 3.32. The molecule has 0 bridgehead atoms. The van der Waals surface area contributed by atoms with Crippen molar-refractivity contribution in [3.05, 3.63) is 29.8 Å². The third kappa shape index (κ3) is 6.28. The molecule has 0 atom stereocenters. The number of carbonyl (C=O) groups is 1. The van der Waals surface area contributed by atoms with Gasteiger partial charge in [0.2, 0.25) is 0 Å². The summed E-state index contributed by atoms with van der Waals surface area (Å²) in [5.41, 5.74) is 7.24. The summed E-state index contributed by atoms with van der Waals surface area (Å²) >= 11 is 0. The first-order valence-electron chi connectivity index (χ1n) is 6.72. The highest BCUT2D eigenvalue weighted by Crippen LogP contribution is 2.07. The van der Waals surface area contributed by atoms with Crippen molar-refractivity contribution in [3.63, 3.8) is 0 Å². The van der Waals surface area contributed by atoms with Crippen molar-refractivity contribution in [2.45, 2.75) is 45.4 Å². The Kier molecular flexibility index (Phi) is 6.92. The first-order valence-corrected chi connectivity index (χ1v) is 6.72. The molecule has 0 amide bonds. The molecule has 0 aliphatic rings. The van der Waals surface area contributed by atoms with Gasteiger partial charge in [-0.15, -0.1) is 0 Å². The Bertz CT molecular complexity index is 346. The van der Waals surface area contributed by atoms with Gasteiger partial charge in [0.05, 0.1) is 13.0 Å². The molecule has 1 aromatic carbocycles. The van der Waals surface area contributed by atoms with Crippen LogP contribution in [0.5, 0.6) is 0 Å². The Balaban J connectivity index is 2.12. The van der Waals surface area contributed by atoms with E-state index in [9.17, 15) is 4.79 Å². The lowest BCUT2D eigenvalue weighted by Crippen LogP contribution is -2.09. The summed E-state index contributed by atoms with van der Waals surface area (Å²) in [4.78, 5) is 11.5. The first kappa shape index (κ1) is 14.6. The van der Waals surface area contributed by atoms with E-state index < -0.39 is 0 Å². The van der Waals surface area contributed by atoms with Gasteiger partial charge in [-0.3, -0.25) is 4.79 Å². The Labute approximate surface area is 109 Å². The number of hydrogen-bond acceptors (Lipinski definition) is 3. The van der Waals surface area contributed by atoms with Gasteiger partial charge < -0.3 is 10.5 Å². The zero-order valence-corrected chi connectivity index (χ0v) is 11.2. The minimum absolute atomic E-state index is 0.157. The maximum Gasteiger partial charge on any atom is 0.310 e. The van der Waals surface area contributed by atoms with E-state index in [0.717, 1.165) is 18.4 Å². The zero-order valence-electron chi connectivity index (χ0n) is 11.2. The summed E-state index contributed by atoms with van der Waals surface area (Å²) < 4.78 is 5.19. The SMILES string of the molecule is CCCCCCCOC(=O)Cc1ccc(N)cc1. The average Bonchev–Trinajstić information content (AvgIpc) is 2.36. The van der Waals surface area contributed by atoms with E-state index in [4.69, 9.17) is 10.5 Å². The maximum atomic E-state index is 11.5. The molecule has 0 saturated heterocycles. The van der Waals surface area contributed by atoms with E-state index in [1.165, 1.54) is 19.3 Å². The van der Waals surface area contributed by atoms with Crippen molar-refractivity contribution in [2.75, 3.05) is 12.3 Å². The summed E-state index contributed by atoms with van der Waals surface area (Å²) in [5, 5.41) is 0. The molecule has 3 heteroatoms.